The van der Waals surface area contributed by atoms with E-state index in [1.807, 2.05) is 6.92 Å². The Hall–Kier alpha value is -2.54. The topological polar surface area (TPSA) is 88.1 Å². The summed E-state index contributed by atoms with van der Waals surface area (Å²) < 4.78 is 10.3. The molecule has 0 radical (unpaired) electrons. The molecule has 0 saturated heterocycles. The molecule has 0 bridgehead atoms. The number of anilines is 1. The molecule has 7 nitrogen and oxygen atoms in total. The summed E-state index contributed by atoms with van der Waals surface area (Å²) in [7, 11) is 1.27. The number of ether oxygens (including phenoxy) is 2. The molecule has 7 heteroatoms. The lowest BCUT2D eigenvalue weighted by molar-refractivity contribution is -0.136. The molecule has 1 aliphatic heterocycles. The molecule has 2 rings (SSSR count). The summed E-state index contributed by atoms with van der Waals surface area (Å²) in [6.45, 7) is 2.77. The van der Waals surface area contributed by atoms with Crippen LogP contribution >= 0.6 is 0 Å². The molecule has 0 aliphatic carbocycles. The summed E-state index contributed by atoms with van der Waals surface area (Å²) in [6.07, 6.45) is 0.921. The van der Waals surface area contributed by atoms with E-state index in [2.05, 4.69) is 5.32 Å². The van der Waals surface area contributed by atoms with Gasteiger partial charge < -0.3 is 24.8 Å². The number of methoxy groups -OCH3 is 1. The van der Waals surface area contributed by atoms with Crippen LogP contribution in [0, 0.1) is 0 Å². The summed E-state index contributed by atoms with van der Waals surface area (Å²) in [5.74, 6) is -0.158. The van der Waals surface area contributed by atoms with Crippen LogP contribution in [0.15, 0.2) is 35.5 Å². The van der Waals surface area contributed by atoms with Crippen LogP contribution in [-0.4, -0.2) is 55.3 Å². The molecule has 1 heterocycles. The first-order valence-corrected chi connectivity index (χ1v) is 7.82. The number of esters is 1. The Balaban J connectivity index is 2.17. The van der Waals surface area contributed by atoms with Gasteiger partial charge in [-0.25, -0.2) is 4.79 Å². The maximum atomic E-state index is 12.4. The number of nitrogens with zero attached hydrogens (tertiary/aromatic N) is 1. The van der Waals surface area contributed by atoms with Gasteiger partial charge in [0.1, 0.15) is 11.4 Å². The zero-order chi connectivity index (χ0) is 17.5. The van der Waals surface area contributed by atoms with Crippen LogP contribution in [-0.2, 0) is 14.3 Å². The maximum absolute atomic E-state index is 12.4. The Bertz CT molecular complexity index is 624. The van der Waals surface area contributed by atoms with Gasteiger partial charge in [0.05, 0.1) is 32.4 Å². The summed E-state index contributed by atoms with van der Waals surface area (Å²) in [6, 6.07) is 7.13. The van der Waals surface area contributed by atoms with Gasteiger partial charge in [-0.05, 0) is 30.7 Å². The number of carbonyl (C=O) groups excluding carboxylic acids is 2. The Morgan fingerprint density at radius 2 is 2.04 bits per heavy atom. The normalized spacial score (nSPS) is 14.1. The highest BCUT2D eigenvalue weighted by Crippen LogP contribution is 2.24. The van der Waals surface area contributed by atoms with Crippen LogP contribution in [0.4, 0.5) is 5.69 Å². The average molecular weight is 334 g/mol. The largest absolute Gasteiger partial charge is 0.494 e. The predicted octanol–water partition coefficient (Wildman–Crippen LogP) is 1.15. The summed E-state index contributed by atoms with van der Waals surface area (Å²) in [5, 5.41) is 12.0. The van der Waals surface area contributed by atoms with Crippen molar-refractivity contribution < 1.29 is 24.2 Å². The van der Waals surface area contributed by atoms with Crippen molar-refractivity contribution >= 4 is 17.6 Å². The van der Waals surface area contributed by atoms with Gasteiger partial charge in [-0.1, -0.05) is 6.92 Å². The molecule has 0 saturated carbocycles. The first kappa shape index (κ1) is 17.8. The van der Waals surface area contributed by atoms with Gasteiger partial charge in [0, 0.05) is 12.2 Å². The molecule has 1 amide bonds. The number of benzene rings is 1. The molecule has 2 N–H and O–H groups in total. The van der Waals surface area contributed by atoms with Crippen molar-refractivity contribution in [3.05, 3.63) is 35.5 Å². The maximum Gasteiger partial charge on any atom is 0.337 e. The molecule has 0 unspecified atom stereocenters. The third kappa shape index (κ3) is 4.05. The molecule has 1 aromatic rings. The molecule has 0 fully saturated rings. The van der Waals surface area contributed by atoms with Gasteiger partial charge in [-0.15, -0.1) is 0 Å². The number of carbonyl (C=O) groups is 2. The summed E-state index contributed by atoms with van der Waals surface area (Å²) >= 11 is 0. The highest BCUT2D eigenvalue weighted by atomic mass is 16.5. The Kier molecular flexibility index (Phi) is 6.20. The van der Waals surface area contributed by atoms with E-state index in [1.165, 1.54) is 12.0 Å². The zero-order valence-electron chi connectivity index (χ0n) is 13.9. The number of nitrogens with one attached hydrogen (secondary N) is 1. The second-order valence-electron chi connectivity index (χ2n) is 5.29. The quantitative estimate of drug-likeness (QED) is 0.694. The van der Waals surface area contributed by atoms with Crippen LogP contribution in [0.3, 0.4) is 0 Å². The molecule has 0 aromatic heterocycles. The van der Waals surface area contributed by atoms with Gasteiger partial charge in [-0.2, -0.15) is 0 Å². The van der Waals surface area contributed by atoms with Crippen LogP contribution < -0.4 is 10.1 Å². The van der Waals surface area contributed by atoms with Crippen LogP contribution in [0.2, 0.25) is 0 Å². The second kappa shape index (κ2) is 8.35. The average Bonchev–Trinajstić information content (AvgIpc) is 2.90. The van der Waals surface area contributed by atoms with Crippen molar-refractivity contribution in [2.75, 3.05) is 38.7 Å². The van der Waals surface area contributed by atoms with E-state index in [9.17, 15) is 9.59 Å². The van der Waals surface area contributed by atoms with Crippen LogP contribution in [0.1, 0.15) is 13.3 Å². The highest BCUT2D eigenvalue weighted by Gasteiger charge is 2.34. The number of hydrogen-bond donors (Lipinski definition) is 2. The number of hydrogen-bond acceptors (Lipinski definition) is 6. The molecule has 1 aliphatic rings. The molecular formula is C17H22N2O5. The monoisotopic (exact) mass is 334 g/mol. The minimum Gasteiger partial charge on any atom is -0.494 e. The van der Waals surface area contributed by atoms with E-state index in [0.717, 1.165) is 12.2 Å². The van der Waals surface area contributed by atoms with Gasteiger partial charge in [0.25, 0.3) is 5.91 Å². The Morgan fingerprint density at radius 1 is 1.33 bits per heavy atom. The van der Waals surface area contributed by atoms with Gasteiger partial charge in [0.15, 0.2) is 0 Å². The lowest BCUT2D eigenvalue weighted by atomic mass is 10.2. The summed E-state index contributed by atoms with van der Waals surface area (Å²) in [5.41, 5.74) is 1.09. The van der Waals surface area contributed by atoms with Crippen LogP contribution in [0.25, 0.3) is 0 Å². The number of rotatable bonds is 8. The molecular weight excluding hydrogens is 312 g/mol. The van der Waals surface area contributed by atoms with Crippen molar-refractivity contribution in [3.63, 3.8) is 0 Å². The lowest BCUT2D eigenvalue weighted by Crippen LogP contribution is -2.31. The van der Waals surface area contributed by atoms with Crippen molar-refractivity contribution in [2.45, 2.75) is 13.3 Å². The van der Waals surface area contributed by atoms with Crippen molar-refractivity contribution in [1.82, 2.24) is 4.90 Å². The van der Waals surface area contributed by atoms with E-state index >= 15 is 0 Å². The molecule has 0 atom stereocenters. The molecule has 24 heavy (non-hydrogen) atoms. The van der Waals surface area contributed by atoms with E-state index in [0.29, 0.717) is 12.3 Å². The first-order chi connectivity index (χ1) is 11.6. The van der Waals surface area contributed by atoms with Crippen LogP contribution in [0.5, 0.6) is 5.75 Å². The predicted molar refractivity (Wildman–Crippen MR) is 88.6 cm³/mol. The van der Waals surface area contributed by atoms with Crippen molar-refractivity contribution in [3.8, 4) is 5.75 Å². The second-order valence-corrected chi connectivity index (χ2v) is 5.29. The van der Waals surface area contributed by atoms with Gasteiger partial charge in [0.2, 0.25) is 0 Å². The minimum atomic E-state index is -0.561. The zero-order valence-corrected chi connectivity index (χ0v) is 13.9. The van der Waals surface area contributed by atoms with Crippen molar-refractivity contribution in [1.29, 1.82) is 0 Å². The summed E-state index contributed by atoms with van der Waals surface area (Å²) in [4.78, 5) is 25.7. The third-order valence-electron chi connectivity index (χ3n) is 3.55. The van der Waals surface area contributed by atoms with E-state index in [1.54, 1.807) is 24.3 Å². The highest BCUT2D eigenvalue weighted by molar-refractivity contribution is 6.08. The SMILES string of the molecule is CCCOc1ccc(NC2=C(C(=O)OC)CN(CCO)C2=O)cc1. The Morgan fingerprint density at radius 3 is 2.62 bits per heavy atom. The lowest BCUT2D eigenvalue weighted by Gasteiger charge is -2.15. The Labute approximate surface area is 140 Å². The third-order valence-corrected chi connectivity index (χ3v) is 3.55. The van der Waals surface area contributed by atoms with Crippen molar-refractivity contribution in [2.24, 2.45) is 0 Å². The minimum absolute atomic E-state index is 0.117. The number of aliphatic hydroxyl groups is 1. The number of amides is 1. The van der Waals surface area contributed by atoms with E-state index in [4.69, 9.17) is 14.6 Å². The number of β-amino-alcohol motifs (C(OH)–C–C–N with tert-alkyl or cyclic N) is 1. The molecule has 0 spiro atoms. The fourth-order valence-electron chi connectivity index (χ4n) is 2.35. The number of aliphatic hydroxyl groups excluding tert-OH is 1. The molecule has 130 valence electrons. The van der Waals surface area contributed by atoms with E-state index in [-0.39, 0.29) is 36.9 Å². The smallest absolute Gasteiger partial charge is 0.337 e. The van der Waals surface area contributed by atoms with Gasteiger partial charge >= 0.3 is 5.97 Å². The standard InChI is InChI=1S/C17H22N2O5/c1-3-10-24-13-6-4-12(5-7-13)18-15-14(17(22)23-2)11-19(8-9-20)16(15)21/h4-7,18,20H,3,8-11H2,1-2H3. The first-order valence-electron chi connectivity index (χ1n) is 7.82. The molecule has 1 aromatic carbocycles. The fourth-order valence-corrected chi connectivity index (χ4v) is 2.35. The van der Waals surface area contributed by atoms with Gasteiger partial charge in [-0.3, -0.25) is 4.79 Å². The van der Waals surface area contributed by atoms with E-state index < -0.39 is 5.97 Å². The fraction of sp³-hybridized carbons (Fsp3) is 0.412.